The summed E-state index contributed by atoms with van der Waals surface area (Å²) in [6.07, 6.45) is -0.949. The minimum absolute atomic E-state index is 0.0993. The van der Waals surface area contributed by atoms with E-state index in [4.69, 9.17) is 9.84 Å². The van der Waals surface area contributed by atoms with E-state index in [1.807, 2.05) is 36.4 Å². The van der Waals surface area contributed by atoms with Crippen molar-refractivity contribution in [1.29, 1.82) is 0 Å². The van der Waals surface area contributed by atoms with E-state index in [1.165, 1.54) is 0 Å². The van der Waals surface area contributed by atoms with Crippen LogP contribution in [-0.2, 0) is 14.3 Å². The van der Waals surface area contributed by atoms with Gasteiger partial charge in [0.15, 0.2) is 0 Å². The highest BCUT2D eigenvalue weighted by Gasteiger charge is 2.30. The number of hydrogen-bond acceptors (Lipinski definition) is 4. The van der Waals surface area contributed by atoms with Crippen LogP contribution in [0.4, 0.5) is 4.79 Å². The predicted molar refractivity (Wildman–Crippen MR) is 127 cm³/mol. The Morgan fingerprint density at radius 3 is 2.00 bits per heavy atom. The van der Waals surface area contributed by atoms with Gasteiger partial charge in [-0.1, -0.05) is 78.9 Å². The molecule has 0 saturated heterocycles. The van der Waals surface area contributed by atoms with Gasteiger partial charge in [-0.15, -0.1) is 0 Å². The van der Waals surface area contributed by atoms with Gasteiger partial charge in [0.25, 0.3) is 0 Å². The van der Waals surface area contributed by atoms with Gasteiger partial charge in [-0.2, -0.15) is 0 Å². The van der Waals surface area contributed by atoms with E-state index in [2.05, 4.69) is 22.8 Å². The number of benzene rings is 3. The Bertz CT molecular complexity index is 1150. The number of alkyl carbamates (subject to hydrolysis) is 1. The molecule has 4 rings (SSSR count). The summed E-state index contributed by atoms with van der Waals surface area (Å²) in [5.74, 6) is -1.63. The van der Waals surface area contributed by atoms with Gasteiger partial charge in [0.2, 0.25) is 5.91 Å². The number of carboxylic acid groups (broad SMARTS) is 1. The second kappa shape index (κ2) is 10.2. The van der Waals surface area contributed by atoms with Crippen LogP contribution in [0.2, 0.25) is 0 Å². The normalized spacial score (nSPS) is 13.8. The zero-order valence-corrected chi connectivity index (χ0v) is 18.7. The highest BCUT2D eigenvalue weighted by atomic mass is 16.5. The first kappa shape index (κ1) is 23.0. The molecule has 2 amide bonds. The number of carboxylic acids is 1. The Morgan fingerprint density at radius 2 is 1.41 bits per heavy atom. The van der Waals surface area contributed by atoms with Crippen LogP contribution in [0.15, 0.2) is 78.9 Å². The number of carbonyl (C=O) groups is 3. The summed E-state index contributed by atoms with van der Waals surface area (Å²) in [6, 6.07) is 23.2. The van der Waals surface area contributed by atoms with Gasteiger partial charge in [-0.05, 0) is 34.7 Å². The fourth-order valence-corrected chi connectivity index (χ4v) is 4.34. The highest BCUT2D eigenvalue weighted by Crippen LogP contribution is 2.44. The molecular formula is C27H26N2O5. The largest absolute Gasteiger partial charge is 0.481 e. The molecule has 0 radical (unpaired) electrons. The summed E-state index contributed by atoms with van der Waals surface area (Å²) in [5.41, 5.74) is 5.01. The summed E-state index contributed by atoms with van der Waals surface area (Å²) < 4.78 is 5.59. The molecule has 1 aliphatic carbocycles. The predicted octanol–water partition coefficient (Wildman–Crippen LogP) is 4.25. The molecule has 7 heteroatoms. The molecule has 0 fully saturated rings. The quantitative estimate of drug-likeness (QED) is 0.468. The number of carbonyl (C=O) groups excluding carboxylic acids is 2. The third kappa shape index (κ3) is 5.09. The van der Waals surface area contributed by atoms with Gasteiger partial charge in [0.05, 0.1) is 6.42 Å². The maximum absolute atomic E-state index is 12.9. The van der Waals surface area contributed by atoms with Crippen molar-refractivity contribution >= 4 is 18.0 Å². The van der Waals surface area contributed by atoms with Crippen molar-refractivity contribution in [2.75, 3.05) is 6.61 Å². The zero-order chi connectivity index (χ0) is 24.1. The molecule has 0 heterocycles. The molecule has 174 valence electrons. The first-order valence-corrected chi connectivity index (χ1v) is 11.1. The fourth-order valence-electron chi connectivity index (χ4n) is 4.34. The van der Waals surface area contributed by atoms with Crippen LogP contribution in [0.25, 0.3) is 11.1 Å². The summed E-state index contributed by atoms with van der Waals surface area (Å²) in [5, 5.41) is 14.3. The van der Waals surface area contributed by atoms with Crippen LogP contribution in [0.1, 0.15) is 42.0 Å². The molecule has 0 saturated carbocycles. The van der Waals surface area contributed by atoms with Crippen LogP contribution in [0.3, 0.4) is 0 Å². The molecule has 0 bridgehead atoms. The molecule has 2 atom stereocenters. The van der Waals surface area contributed by atoms with Crippen molar-refractivity contribution in [2.24, 2.45) is 0 Å². The van der Waals surface area contributed by atoms with Crippen molar-refractivity contribution < 1.29 is 24.2 Å². The Hall–Kier alpha value is -4.13. The van der Waals surface area contributed by atoms with Crippen molar-refractivity contribution in [3.8, 4) is 11.1 Å². The first-order chi connectivity index (χ1) is 16.4. The standard InChI is InChI=1S/C27H26N2O5/c1-17(15-24(30)31)28-26(32)25(18-9-3-2-4-10-18)29-27(33)34-16-23-21-13-7-5-11-19(21)20-12-6-8-14-22(20)23/h2-14,17,23,25H,15-16H2,1H3,(H,28,32)(H,29,33)(H,30,31)/t17-,25+/m1/s1. The van der Waals surface area contributed by atoms with Crippen LogP contribution < -0.4 is 10.6 Å². The van der Waals surface area contributed by atoms with E-state index >= 15 is 0 Å². The Morgan fingerprint density at radius 1 is 0.853 bits per heavy atom. The van der Waals surface area contributed by atoms with Gasteiger partial charge in [-0.3, -0.25) is 9.59 Å². The number of ether oxygens (including phenoxy) is 1. The van der Waals surface area contributed by atoms with Gasteiger partial charge in [0.1, 0.15) is 12.6 Å². The van der Waals surface area contributed by atoms with Gasteiger partial charge < -0.3 is 20.5 Å². The average Bonchev–Trinajstić information content (AvgIpc) is 3.15. The SMILES string of the molecule is C[C@H](CC(=O)O)NC(=O)[C@@H](NC(=O)OCC1c2ccccc2-c2ccccc21)c1ccccc1. The van der Waals surface area contributed by atoms with Crippen molar-refractivity contribution in [3.05, 3.63) is 95.6 Å². The van der Waals surface area contributed by atoms with E-state index in [-0.39, 0.29) is 18.9 Å². The van der Waals surface area contributed by atoms with Crippen LogP contribution in [0.5, 0.6) is 0 Å². The minimum atomic E-state index is -1.02. The summed E-state index contributed by atoms with van der Waals surface area (Å²) >= 11 is 0. The first-order valence-electron chi connectivity index (χ1n) is 11.1. The number of nitrogens with one attached hydrogen (secondary N) is 2. The van der Waals surface area contributed by atoms with Gasteiger partial charge in [0, 0.05) is 12.0 Å². The topological polar surface area (TPSA) is 105 Å². The molecule has 7 nitrogen and oxygen atoms in total. The molecule has 0 unspecified atom stereocenters. The summed E-state index contributed by atoms with van der Waals surface area (Å²) in [7, 11) is 0. The lowest BCUT2D eigenvalue weighted by Gasteiger charge is -2.22. The second-order valence-corrected chi connectivity index (χ2v) is 8.32. The van der Waals surface area contributed by atoms with Crippen molar-refractivity contribution in [2.45, 2.75) is 31.3 Å². The minimum Gasteiger partial charge on any atom is -0.481 e. The van der Waals surface area contributed by atoms with E-state index in [9.17, 15) is 14.4 Å². The maximum Gasteiger partial charge on any atom is 0.408 e. The Balaban J connectivity index is 1.46. The van der Waals surface area contributed by atoms with Crippen molar-refractivity contribution in [3.63, 3.8) is 0 Å². The van der Waals surface area contributed by atoms with E-state index in [0.29, 0.717) is 5.56 Å². The lowest BCUT2D eigenvalue weighted by Crippen LogP contribution is -2.44. The summed E-state index contributed by atoms with van der Waals surface area (Å²) in [6.45, 7) is 1.72. The highest BCUT2D eigenvalue weighted by molar-refractivity contribution is 5.87. The molecule has 3 aromatic rings. The monoisotopic (exact) mass is 458 g/mol. The molecule has 0 aromatic heterocycles. The molecule has 34 heavy (non-hydrogen) atoms. The second-order valence-electron chi connectivity index (χ2n) is 8.32. The number of hydrogen-bond donors (Lipinski definition) is 3. The van der Waals surface area contributed by atoms with E-state index in [0.717, 1.165) is 22.3 Å². The lowest BCUT2D eigenvalue weighted by molar-refractivity contribution is -0.137. The molecule has 3 N–H and O–H groups in total. The Kier molecular flexibility index (Phi) is 6.92. The number of amides is 2. The lowest BCUT2D eigenvalue weighted by atomic mass is 9.98. The Labute approximate surface area is 197 Å². The van der Waals surface area contributed by atoms with Crippen LogP contribution in [0, 0.1) is 0 Å². The number of fused-ring (bicyclic) bond motifs is 3. The third-order valence-electron chi connectivity index (χ3n) is 5.87. The van der Waals surface area contributed by atoms with E-state index in [1.54, 1.807) is 37.3 Å². The third-order valence-corrected chi connectivity index (χ3v) is 5.87. The number of aliphatic carboxylic acids is 1. The average molecular weight is 459 g/mol. The molecule has 1 aliphatic rings. The smallest absolute Gasteiger partial charge is 0.408 e. The van der Waals surface area contributed by atoms with Crippen LogP contribution >= 0.6 is 0 Å². The molecular weight excluding hydrogens is 432 g/mol. The fraction of sp³-hybridized carbons (Fsp3) is 0.222. The molecule has 3 aromatic carbocycles. The van der Waals surface area contributed by atoms with E-state index < -0.39 is 30.1 Å². The maximum atomic E-state index is 12.9. The molecule has 0 spiro atoms. The summed E-state index contributed by atoms with van der Waals surface area (Å²) in [4.78, 5) is 36.6. The van der Waals surface area contributed by atoms with Crippen molar-refractivity contribution in [1.82, 2.24) is 10.6 Å². The number of rotatable bonds is 8. The molecule has 0 aliphatic heterocycles. The van der Waals surface area contributed by atoms with Gasteiger partial charge in [-0.25, -0.2) is 4.79 Å². The van der Waals surface area contributed by atoms with Gasteiger partial charge >= 0.3 is 12.1 Å². The van der Waals surface area contributed by atoms with Crippen LogP contribution in [-0.4, -0.2) is 35.7 Å². The zero-order valence-electron chi connectivity index (χ0n) is 18.7.